The summed E-state index contributed by atoms with van der Waals surface area (Å²) in [5, 5.41) is 0. The van der Waals surface area contributed by atoms with E-state index in [1.165, 1.54) is 17.7 Å². The molecule has 0 spiro atoms. The van der Waals surface area contributed by atoms with Crippen LogP contribution in [0.4, 0.5) is 0 Å². The lowest BCUT2D eigenvalue weighted by Crippen LogP contribution is -2.24. The van der Waals surface area contributed by atoms with E-state index in [9.17, 15) is 0 Å². The minimum absolute atomic E-state index is 1.09. The molecule has 0 unspecified atom stereocenters. The molecule has 1 nitrogen and oxygen atoms in total. The van der Waals surface area contributed by atoms with Crippen LogP contribution in [0.5, 0.6) is 0 Å². The van der Waals surface area contributed by atoms with Gasteiger partial charge in [0.05, 0.1) is 0 Å². The molecule has 0 radical (unpaired) electrons. The quantitative estimate of drug-likeness (QED) is 0.741. The molecule has 0 N–H and O–H groups in total. The third-order valence-electron chi connectivity index (χ3n) is 2.58. The summed E-state index contributed by atoms with van der Waals surface area (Å²) in [5.74, 6) is 1.17. The highest BCUT2D eigenvalue weighted by atomic mass is 32.2. The molecule has 1 heterocycles. The van der Waals surface area contributed by atoms with Crippen molar-refractivity contribution in [2.45, 2.75) is 12.8 Å². The summed E-state index contributed by atoms with van der Waals surface area (Å²) in [7, 11) is 0. The van der Waals surface area contributed by atoms with E-state index in [2.05, 4.69) is 35.2 Å². The molecule has 15 heavy (non-hydrogen) atoms. The van der Waals surface area contributed by atoms with Crippen molar-refractivity contribution >= 4 is 28.3 Å². The second-order valence-corrected chi connectivity index (χ2v) is 5.42. The highest BCUT2D eigenvalue weighted by Crippen LogP contribution is 2.18. The number of benzene rings is 1. The van der Waals surface area contributed by atoms with Crippen LogP contribution in [0.15, 0.2) is 30.3 Å². The zero-order valence-electron chi connectivity index (χ0n) is 8.69. The fourth-order valence-corrected chi connectivity index (χ4v) is 3.03. The van der Waals surface area contributed by atoms with E-state index in [0.717, 1.165) is 23.8 Å². The van der Waals surface area contributed by atoms with Gasteiger partial charge in [-0.3, -0.25) is 0 Å². The Labute approximate surface area is 101 Å². The van der Waals surface area contributed by atoms with Gasteiger partial charge in [0, 0.05) is 18.8 Å². The normalized spacial score (nSPS) is 16.0. The molecule has 0 atom stereocenters. The largest absolute Gasteiger partial charge is 0.357 e. The topological polar surface area (TPSA) is 3.24 Å². The molecule has 1 aromatic carbocycles. The molecular formula is C12H15NS2. The lowest BCUT2D eigenvalue weighted by Gasteiger charge is -2.16. The maximum atomic E-state index is 5.26. The molecule has 0 bridgehead atoms. The van der Waals surface area contributed by atoms with Gasteiger partial charge in [0.25, 0.3) is 0 Å². The fraction of sp³-hybridized carbons (Fsp3) is 0.417. The van der Waals surface area contributed by atoms with Gasteiger partial charge in [-0.1, -0.05) is 54.3 Å². The predicted octanol–water partition coefficient (Wildman–Crippen LogP) is 2.95. The summed E-state index contributed by atoms with van der Waals surface area (Å²) in [6, 6.07) is 10.7. The Hall–Kier alpha value is -0.540. The number of aryl methyl sites for hydroxylation is 1. The SMILES string of the molecule is S=C1SCCN1CCCc1ccccc1. The van der Waals surface area contributed by atoms with Crippen LogP contribution in [0, 0.1) is 0 Å². The standard InChI is InChI=1S/C12H15NS2/c14-12-13(9-10-15-12)8-4-7-11-5-2-1-3-6-11/h1-3,5-6H,4,7-10H2. The zero-order valence-corrected chi connectivity index (χ0v) is 10.3. The third-order valence-corrected chi connectivity index (χ3v) is 4.08. The van der Waals surface area contributed by atoms with Gasteiger partial charge in [-0.2, -0.15) is 0 Å². The molecule has 1 aromatic rings. The number of rotatable bonds is 4. The first-order valence-corrected chi connectivity index (χ1v) is 6.71. The first-order chi connectivity index (χ1) is 7.36. The Kier molecular flexibility index (Phi) is 4.03. The minimum Gasteiger partial charge on any atom is -0.357 e. The first kappa shape index (κ1) is 11.0. The third kappa shape index (κ3) is 3.21. The summed E-state index contributed by atoms with van der Waals surface area (Å²) < 4.78 is 1.09. The van der Waals surface area contributed by atoms with Crippen molar-refractivity contribution in [3.8, 4) is 0 Å². The van der Waals surface area contributed by atoms with Gasteiger partial charge in [-0.25, -0.2) is 0 Å². The summed E-state index contributed by atoms with van der Waals surface area (Å²) in [6.45, 7) is 2.25. The first-order valence-electron chi connectivity index (χ1n) is 5.32. The summed E-state index contributed by atoms with van der Waals surface area (Å²) >= 11 is 7.07. The van der Waals surface area contributed by atoms with Crippen molar-refractivity contribution < 1.29 is 0 Å². The van der Waals surface area contributed by atoms with Crippen molar-refractivity contribution in [3.63, 3.8) is 0 Å². The highest BCUT2D eigenvalue weighted by Gasteiger charge is 2.16. The lowest BCUT2D eigenvalue weighted by atomic mass is 10.1. The van der Waals surface area contributed by atoms with Gasteiger partial charge in [0.2, 0.25) is 0 Å². The van der Waals surface area contributed by atoms with Gasteiger partial charge in [-0.15, -0.1) is 0 Å². The second kappa shape index (κ2) is 5.52. The van der Waals surface area contributed by atoms with Gasteiger partial charge in [0.1, 0.15) is 4.32 Å². The molecule has 1 saturated heterocycles. The van der Waals surface area contributed by atoms with Gasteiger partial charge in [0.15, 0.2) is 0 Å². The number of hydrogen-bond donors (Lipinski definition) is 0. The van der Waals surface area contributed by atoms with E-state index in [4.69, 9.17) is 12.2 Å². The molecule has 1 aliphatic heterocycles. The number of hydrogen-bond acceptors (Lipinski definition) is 2. The molecule has 0 amide bonds. The minimum atomic E-state index is 1.09. The van der Waals surface area contributed by atoms with Crippen molar-refractivity contribution in [2.75, 3.05) is 18.8 Å². The van der Waals surface area contributed by atoms with Crippen LogP contribution in [0.1, 0.15) is 12.0 Å². The molecule has 0 saturated carbocycles. The maximum absolute atomic E-state index is 5.26. The Balaban J connectivity index is 1.73. The average molecular weight is 237 g/mol. The van der Waals surface area contributed by atoms with E-state index >= 15 is 0 Å². The van der Waals surface area contributed by atoms with Gasteiger partial charge in [-0.05, 0) is 18.4 Å². The Morgan fingerprint density at radius 2 is 2.07 bits per heavy atom. The van der Waals surface area contributed by atoms with E-state index in [1.54, 1.807) is 0 Å². The van der Waals surface area contributed by atoms with Crippen LogP contribution in [0.3, 0.4) is 0 Å². The molecular weight excluding hydrogens is 222 g/mol. The van der Waals surface area contributed by atoms with Crippen LogP contribution in [0.25, 0.3) is 0 Å². The van der Waals surface area contributed by atoms with Gasteiger partial charge < -0.3 is 4.90 Å². The van der Waals surface area contributed by atoms with Crippen molar-refractivity contribution in [3.05, 3.63) is 35.9 Å². The molecule has 1 fully saturated rings. The van der Waals surface area contributed by atoms with E-state index in [-0.39, 0.29) is 0 Å². The molecule has 0 aromatic heterocycles. The molecule has 0 aliphatic carbocycles. The predicted molar refractivity (Wildman–Crippen MR) is 71.4 cm³/mol. The molecule has 2 rings (SSSR count). The van der Waals surface area contributed by atoms with Crippen molar-refractivity contribution in [1.29, 1.82) is 0 Å². The summed E-state index contributed by atoms with van der Waals surface area (Å²) in [6.07, 6.45) is 2.36. The van der Waals surface area contributed by atoms with E-state index in [1.807, 2.05) is 11.8 Å². The highest BCUT2D eigenvalue weighted by molar-refractivity contribution is 8.23. The number of thiocarbonyl (C=S) groups is 1. The number of nitrogens with zero attached hydrogens (tertiary/aromatic N) is 1. The van der Waals surface area contributed by atoms with E-state index < -0.39 is 0 Å². The molecule has 3 heteroatoms. The van der Waals surface area contributed by atoms with E-state index in [0.29, 0.717) is 0 Å². The number of thioether (sulfide) groups is 1. The molecule has 1 aliphatic rings. The van der Waals surface area contributed by atoms with Crippen LogP contribution >= 0.6 is 24.0 Å². The Morgan fingerprint density at radius 3 is 2.73 bits per heavy atom. The maximum Gasteiger partial charge on any atom is 0.136 e. The average Bonchev–Trinajstić information content (AvgIpc) is 2.66. The van der Waals surface area contributed by atoms with Crippen LogP contribution < -0.4 is 0 Å². The van der Waals surface area contributed by atoms with Crippen LogP contribution in [-0.4, -0.2) is 28.1 Å². The van der Waals surface area contributed by atoms with Crippen molar-refractivity contribution in [2.24, 2.45) is 0 Å². The monoisotopic (exact) mass is 237 g/mol. The van der Waals surface area contributed by atoms with Crippen molar-refractivity contribution in [1.82, 2.24) is 4.90 Å². The summed E-state index contributed by atoms with van der Waals surface area (Å²) in [4.78, 5) is 2.32. The zero-order chi connectivity index (χ0) is 10.5. The Bertz CT molecular complexity index is 324. The van der Waals surface area contributed by atoms with Gasteiger partial charge >= 0.3 is 0 Å². The lowest BCUT2D eigenvalue weighted by molar-refractivity contribution is 0.456. The summed E-state index contributed by atoms with van der Waals surface area (Å²) in [5.41, 5.74) is 1.43. The smallest absolute Gasteiger partial charge is 0.136 e. The molecule has 80 valence electrons. The Morgan fingerprint density at radius 1 is 1.27 bits per heavy atom. The fourth-order valence-electron chi connectivity index (χ4n) is 1.75. The second-order valence-electron chi connectivity index (χ2n) is 3.69. The van der Waals surface area contributed by atoms with Crippen LogP contribution in [-0.2, 0) is 6.42 Å². The van der Waals surface area contributed by atoms with Crippen LogP contribution in [0.2, 0.25) is 0 Å².